The lowest BCUT2D eigenvalue weighted by atomic mass is 9.93. The summed E-state index contributed by atoms with van der Waals surface area (Å²) in [6.07, 6.45) is -0.734. The zero-order valence-electron chi connectivity index (χ0n) is 15.5. The number of benzene rings is 1. The maximum absolute atomic E-state index is 13.1. The van der Waals surface area contributed by atoms with Crippen LogP contribution in [0.2, 0.25) is 0 Å². The number of morpholine rings is 1. The molecular weight excluding hydrogens is 334 g/mol. The number of carbonyl (C=O) groups is 3. The van der Waals surface area contributed by atoms with Crippen molar-refractivity contribution in [2.24, 2.45) is 0 Å². The van der Waals surface area contributed by atoms with E-state index in [-0.39, 0.29) is 24.3 Å². The van der Waals surface area contributed by atoms with Gasteiger partial charge in [0.15, 0.2) is 6.10 Å². The summed E-state index contributed by atoms with van der Waals surface area (Å²) < 4.78 is 5.71. The van der Waals surface area contributed by atoms with E-state index in [1.54, 1.807) is 21.7 Å². The number of nitrogens with zero attached hydrogens (tertiary/aromatic N) is 3. The zero-order valence-corrected chi connectivity index (χ0v) is 15.5. The first-order valence-electron chi connectivity index (χ1n) is 8.87. The van der Waals surface area contributed by atoms with Gasteiger partial charge < -0.3 is 19.4 Å². The molecule has 0 unspecified atom stereocenters. The lowest BCUT2D eigenvalue weighted by Gasteiger charge is -2.42. The molecule has 7 nitrogen and oxygen atoms in total. The number of likely N-dealkylation sites (N-methyl/N-ethyl adjacent to an activating group) is 1. The highest BCUT2D eigenvalue weighted by molar-refractivity contribution is 5.86. The first kappa shape index (κ1) is 18.4. The highest BCUT2D eigenvalue weighted by Crippen LogP contribution is 2.32. The number of ether oxygens (including phenoxy) is 1. The molecule has 2 aliphatic rings. The number of hydrogen-bond acceptors (Lipinski definition) is 4. The zero-order chi connectivity index (χ0) is 18.8. The third kappa shape index (κ3) is 3.44. The molecule has 0 radical (unpaired) electrons. The molecule has 1 aromatic carbocycles. The Morgan fingerprint density at radius 2 is 1.69 bits per heavy atom. The predicted octanol–water partition coefficient (Wildman–Crippen LogP) is 0.584. The minimum absolute atomic E-state index is 0.0223. The molecule has 2 atom stereocenters. The molecule has 0 spiro atoms. The van der Waals surface area contributed by atoms with Gasteiger partial charge in [-0.3, -0.25) is 14.4 Å². The number of aryl methyl sites for hydroxylation is 1. The molecule has 1 aromatic rings. The monoisotopic (exact) mass is 359 g/mol. The van der Waals surface area contributed by atoms with Crippen LogP contribution in [-0.2, 0) is 19.1 Å². The molecule has 0 N–H and O–H groups in total. The van der Waals surface area contributed by atoms with E-state index in [0.717, 1.165) is 11.1 Å². The minimum Gasteiger partial charge on any atom is -0.356 e. The molecule has 0 aliphatic carbocycles. The topological polar surface area (TPSA) is 70.2 Å². The van der Waals surface area contributed by atoms with Crippen molar-refractivity contribution in [1.82, 2.24) is 14.7 Å². The molecule has 2 aliphatic heterocycles. The second-order valence-electron chi connectivity index (χ2n) is 6.87. The van der Waals surface area contributed by atoms with E-state index < -0.39 is 12.1 Å². The number of amides is 3. The SMILES string of the molecule is CC(=O)N1CCN(C(=O)[C@H]2OCC(=O)N(C)[C@@H]2c2ccccc2C)CC1. The van der Waals surface area contributed by atoms with E-state index in [2.05, 4.69) is 0 Å². The largest absolute Gasteiger partial charge is 0.356 e. The molecule has 2 heterocycles. The van der Waals surface area contributed by atoms with E-state index in [1.807, 2.05) is 31.2 Å². The van der Waals surface area contributed by atoms with Gasteiger partial charge >= 0.3 is 0 Å². The molecule has 7 heteroatoms. The van der Waals surface area contributed by atoms with Crippen LogP contribution in [0.3, 0.4) is 0 Å². The molecule has 0 bridgehead atoms. The molecule has 0 saturated carbocycles. The van der Waals surface area contributed by atoms with Gasteiger partial charge in [0.05, 0.1) is 6.04 Å². The Hall–Kier alpha value is -2.41. The van der Waals surface area contributed by atoms with Crippen LogP contribution < -0.4 is 0 Å². The van der Waals surface area contributed by atoms with Gasteiger partial charge in [0, 0.05) is 40.2 Å². The second-order valence-corrected chi connectivity index (χ2v) is 6.87. The van der Waals surface area contributed by atoms with Crippen LogP contribution in [0.1, 0.15) is 24.1 Å². The number of piperazine rings is 1. The molecular formula is C19H25N3O4. The Bertz CT molecular complexity index is 712. The predicted molar refractivity (Wildman–Crippen MR) is 95.3 cm³/mol. The van der Waals surface area contributed by atoms with Gasteiger partial charge in [-0.15, -0.1) is 0 Å². The van der Waals surface area contributed by atoms with Gasteiger partial charge in [-0.2, -0.15) is 0 Å². The lowest BCUT2D eigenvalue weighted by molar-refractivity contribution is -0.168. The van der Waals surface area contributed by atoms with Crippen molar-refractivity contribution < 1.29 is 19.1 Å². The average molecular weight is 359 g/mol. The fourth-order valence-corrected chi connectivity index (χ4v) is 3.63. The summed E-state index contributed by atoms with van der Waals surface area (Å²) in [5.74, 6) is -0.237. The molecule has 0 aromatic heterocycles. The van der Waals surface area contributed by atoms with Crippen LogP contribution in [0.25, 0.3) is 0 Å². The van der Waals surface area contributed by atoms with E-state index in [1.165, 1.54) is 6.92 Å². The molecule has 2 fully saturated rings. The Morgan fingerprint density at radius 1 is 1.08 bits per heavy atom. The molecule has 2 saturated heterocycles. The van der Waals surface area contributed by atoms with Gasteiger partial charge in [0.2, 0.25) is 11.8 Å². The van der Waals surface area contributed by atoms with Crippen molar-refractivity contribution in [3.05, 3.63) is 35.4 Å². The van der Waals surface area contributed by atoms with Crippen molar-refractivity contribution in [2.75, 3.05) is 39.8 Å². The molecule has 140 valence electrons. The Labute approximate surface area is 153 Å². The summed E-state index contributed by atoms with van der Waals surface area (Å²) in [6, 6.07) is 7.29. The Kier molecular flexibility index (Phi) is 5.27. The summed E-state index contributed by atoms with van der Waals surface area (Å²) >= 11 is 0. The minimum atomic E-state index is -0.734. The summed E-state index contributed by atoms with van der Waals surface area (Å²) in [5.41, 5.74) is 1.94. The smallest absolute Gasteiger partial charge is 0.254 e. The second kappa shape index (κ2) is 7.45. The maximum Gasteiger partial charge on any atom is 0.254 e. The molecule has 3 rings (SSSR count). The van der Waals surface area contributed by atoms with E-state index in [4.69, 9.17) is 4.74 Å². The highest BCUT2D eigenvalue weighted by atomic mass is 16.5. The van der Waals surface area contributed by atoms with Crippen molar-refractivity contribution in [2.45, 2.75) is 26.0 Å². The van der Waals surface area contributed by atoms with Crippen LogP contribution in [0.15, 0.2) is 24.3 Å². The quantitative estimate of drug-likeness (QED) is 0.775. The number of carbonyl (C=O) groups excluding carboxylic acids is 3. The van der Waals surface area contributed by atoms with Crippen molar-refractivity contribution in [3.63, 3.8) is 0 Å². The van der Waals surface area contributed by atoms with Gasteiger partial charge in [-0.25, -0.2) is 0 Å². The highest BCUT2D eigenvalue weighted by Gasteiger charge is 2.42. The van der Waals surface area contributed by atoms with Gasteiger partial charge in [0.1, 0.15) is 6.61 Å². The van der Waals surface area contributed by atoms with Gasteiger partial charge in [-0.05, 0) is 18.1 Å². The summed E-state index contributed by atoms with van der Waals surface area (Å²) in [4.78, 5) is 41.9. The van der Waals surface area contributed by atoms with Crippen molar-refractivity contribution >= 4 is 17.7 Å². The van der Waals surface area contributed by atoms with E-state index in [0.29, 0.717) is 26.2 Å². The summed E-state index contributed by atoms with van der Waals surface area (Å²) in [7, 11) is 1.72. The Morgan fingerprint density at radius 3 is 2.31 bits per heavy atom. The molecule has 3 amide bonds. The average Bonchev–Trinajstić information content (AvgIpc) is 2.64. The van der Waals surface area contributed by atoms with Gasteiger partial charge in [-0.1, -0.05) is 24.3 Å². The third-order valence-corrected chi connectivity index (χ3v) is 5.27. The van der Waals surface area contributed by atoms with E-state index in [9.17, 15) is 14.4 Å². The first-order chi connectivity index (χ1) is 12.4. The first-order valence-corrected chi connectivity index (χ1v) is 8.87. The summed E-state index contributed by atoms with van der Waals surface area (Å²) in [5, 5.41) is 0. The molecule has 26 heavy (non-hydrogen) atoms. The number of rotatable bonds is 2. The normalized spacial score (nSPS) is 24.0. The fraction of sp³-hybridized carbons (Fsp3) is 0.526. The van der Waals surface area contributed by atoms with Crippen LogP contribution in [0.5, 0.6) is 0 Å². The standard InChI is InChI=1S/C19H25N3O4/c1-13-6-4-5-7-15(13)17-18(26-12-16(24)20(17)3)19(25)22-10-8-21(9-11-22)14(2)23/h4-7,17-18H,8-12H2,1-3H3/t17-,18+/m1/s1. The van der Waals surface area contributed by atoms with Crippen LogP contribution in [0.4, 0.5) is 0 Å². The Balaban J connectivity index is 1.82. The van der Waals surface area contributed by atoms with E-state index >= 15 is 0 Å². The maximum atomic E-state index is 13.1. The lowest BCUT2D eigenvalue weighted by Crippen LogP contribution is -2.57. The van der Waals surface area contributed by atoms with Crippen molar-refractivity contribution in [1.29, 1.82) is 0 Å². The van der Waals surface area contributed by atoms with Crippen molar-refractivity contribution in [3.8, 4) is 0 Å². The fourth-order valence-electron chi connectivity index (χ4n) is 3.63. The van der Waals surface area contributed by atoms with Crippen LogP contribution in [-0.4, -0.2) is 78.4 Å². The summed E-state index contributed by atoms with van der Waals surface area (Å²) in [6.45, 7) is 5.43. The number of hydrogen-bond donors (Lipinski definition) is 0. The van der Waals surface area contributed by atoms with Gasteiger partial charge in [0.25, 0.3) is 5.91 Å². The van der Waals surface area contributed by atoms with Crippen LogP contribution >= 0.6 is 0 Å². The van der Waals surface area contributed by atoms with Crippen LogP contribution in [0, 0.1) is 6.92 Å². The third-order valence-electron chi connectivity index (χ3n) is 5.27.